The van der Waals surface area contributed by atoms with Gasteiger partial charge in [-0.1, -0.05) is 12.1 Å². The van der Waals surface area contributed by atoms with Crippen LogP contribution in [0.25, 0.3) is 10.9 Å². The Morgan fingerprint density at radius 2 is 2.00 bits per heavy atom. The zero-order chi connectivity index (χ0) is 14.8. The molecule has 2 rings (SSSR count). The second-order valence-electron chi connectivity index (χ2n) is 3.93. The highest BCUT2D eigenvalue weighted by atomic mass is 35.5. The van der Waals surface area contributed by atoms with Crippen molar-refractivity contribution in [1.82, 2.24) is 9.55 Å². The number of rotatable bonds is 4. The highest BCUT2D eigenvalue weighted by molar-refractivity contribution is 8.00. The second kappa shape index (κ2) is 6.05. The van der Waals surface area contributed by atoms with Crippen LogP contribution >= 0.6 is 23.4 Å². The van der Waals surface area contributed by atoms with Crippen molar-refractivity contribution in [3.8, 4) is 0 Å². The lowest BCUT2D eigenvalue weighted by Crippen LogP contribution is -2.26. The van der Waals surface area contributed by atoms with E-state index in [0.717, 1.165) is 0 Å². The Morgan fingerprint density at radius 1 is 1.30 bits per heavy atom. The summed E-state index contributed by atoms with van der Waals surface area (Å²) in [6, 6.07) is 6.68. The number of thioether (sulfide) groups is 1. The zero-order valence-corrected chi connectivity index (χ0v) is 11.7. The number of aromatic nitrogens is 2. The van der Waals surface area contributed by atoms with Crippen LogP contribution in [0.5, 0.6) is 0 Å². The molecule has 20 heavy (non-hydrogen) atoms. The first kappa shape index (κ1) is 15.2. The van der Waals surface area contributed by atoms with Crippen molar-refractivity contribution in [3.05, 3.63) is 40.4 Å². The van der Waals surface area contributed by atoms with Gasteiger partial charge in [0.15, 0.2) is 0 Å². The molecule has 0 saturated carbocycles. The number of para-hydroxylation sites is 1. The first-order chi connectivity index (χ1) is 9.42. The molecule has 0 spiro atoms. The summed E-state index contributed by atoms with van der Waals surface area (Å²) in [6.07, 6.45) is 0. The molecule has 0 fully saturated rings. The van der Waals surface area contributed by atoms with Gasteiger partial charge in [-0.25, -0.2) is 4.98 Å². The molecule has 1 heterocycles. The fourth-order valence-corrected chi connectivity index (χ4v) is 2.51. The molecule has 0 unspecified atom stereocenters. The largest absolute Gasteiger partial charge is 0.441 e. The van der Waals surface area contributed by atoms with Crippen molar-refractivity contribution in [1.29, 1.82) is 0 Å². The SMILES string of the molecule is O=c1c2ccccc2nc(CCl)n1CCSC(F)(F)F. The van der Waals surface area contributed by atoms with E-state index in [2.05, 4.69) is 4.98 Å². The molecule has 0 bridgehead atoms. The summed E-state index contributed by atoms with van der Waals surface area (Å²) in [6.45, 7) is -0.0805. The fraction of sp³-hybridized carbons (Fsp3) is 0.333. The van der Waals surface area contributed by atoms with Gasteiger partial charge in [-0.2, -0.15) is 13.2 Å². The van der Waals surface area contributed by atoms with Gasteiger partial charge in [0, 0.05) is 12.3 Å². The van der Waals surface area contributed by atoms with Crippen molar-refractivity contribution in [3.63, 3.8) is 0 Å². The Hall–Kier alpha value is -1.21. The number of alkyl halides is 4. The van der Waals surface area contributed by atoms with Crippen molar-refractivity contribution in [2.75, 3.05) is 5.75 Å². The molecule has 0 amide bonds. The van der Waals surface area contributed by atoms with Crippen LogP contribution < -0.4 is 5.56 Å². The number of benzene rings is 1. The second-order valence-corrected chi connectivity index (χ2v) is 5.36. The number of hydrogen-bond acceptors (Lipinski definition) is 3. The van der Waals surface area contributed by atoms with Crippen molar-refractivity contribution < 1.29 is 13.2 Å². The van der Waals surface area contributed by atoms with Gasteiger partial charge in [0.25, 0.3) is 5.56 Å². The molecule has 0 atom stereocenters. The third-order valence-electron chi connectivity index (χ3n) is 2.64. The minimum atomic E-state index is -4.31. The van der Waals surface area contributed by atoms with Crippen LogP contribution in [0.3, 0.4) is 0 Å². The third-order valence-corrected chi connectivity index (χ3v) is 3.59. The van der Waals surface area contributed by atoms with E-state index < -0.39 is 5.51 Å². The van der Waals surface area contributed by atoms with E-state index in [1.807, 2.05) is 0 Å². The predicted molar refractivity (Wildman–Crippen MR) is 74.1 cm³/mol. The van der Waals surface area contributed by atoms with E-state index in [0.29, 0.717) is 10.9 Å². The topological polar surface area (TPSA) is 34.9 Å². The lowest BCUT2D eigenvalue weighted by atomic mass is 10.2. The van der Waals surface area contributed by atoms with Crippen LogP contribution in [-0.2, 0) is 12.4 Å². The van der Waals surface area contributed by atoms with Gasteiger partial charge in [-0.3, -0.25) is 9.36 Å². The Bertz CT molecular complexity index is 672. The van der Waals surface area contributed by atoms with Gasteiger partial charge in [0.1, 0.15) is 5.82 Å². The summed E-state index contributed by atoms with van der Waals surface area (Å²) in [5.41, 5.74) is -4.18. The Morgan fingerprint density at radius 3 is 2.65 bits per heavy atom. The molecule has 8 heteroatoms. The summed E-state index contributed by atoms with van der Waals surface area (Å²) in [5.74, 6) is -0.0116. The fourth-order valence-electron chi connectivity index (χ4n) is 1.80. The maximum Gasteiger partial charge on any atom is 0.441 e. The Kier molecular flexibility index (Phi) is 4.59. The summed E-state index contributed by atoms with van der Waals surface area (Å²) in [4.78, 5) is 16.4. The van der Waals surface area contributed by atoms with Gasteiger partial charge in [-0.05, 0) is 23.9 Å². The molecule has 2 aromatic rings. The monoisotopic (exact) mass is 322 g/mol. The number of halogens is 4. The summed E-state index contributed by atoms with van der Waals surface area (Å²) in [5, 5.41) is 0.373. The Balaban J connectivity index is 2.36. The molecular formula is C12H10ClF3N2OS. The highest BCUT2D eigenvalue weighted by Crippen LogP contribution is 2.30. The van der Waals surface area contributed by atoms with E-state index >= 15 is 0 Å². The van der Waals surface area contributed by atoms with E-state index in [4.69, 9.17) is 11.6 Å². The van der Waals surface area contributed by atoms with Gasteiger partial charge in [0.2, 0.25) is 0 Å². The minimum absolute atomic E-state index is 0.0310. The molecule has 0 aliphatic rings. The molecule has 1 aromatic carbocycles. The van der Waals surface area contributed by atoms with E-state index in [9.17, 15) is 18.0 Å². The average molecular weight is 323 g/mol. The molecular weight excluding hydrogens is 313 g/mol. The molecule has 1 aromatic heterocycles. The quantitative estimate of drug-likeness (QED) is 0.809. The third kappa shape index (κ3) is 3.46. The van der Waals surface area contributed by atoms with Crippen molar-refractivity contribution in [2.45, 2.75) is 17.9 Å². The molecule has 0 aliphatic carbocycles. The summed E-state index contributed by atoms with van der Waals surface area (Å²) >= 11 is 5.55. The minimum Gasteiger partial charge on any atom is -0.294 e. The first-order valence-corrected chi connectivity index (χ1v) is 7.19. The maximum absolute atomic E-state index is 12.2. The van der Waals surface area contributed by atoms with Gasteiger partial charge in [-0.15, -0.1) is 11.6 Å². The molecule has 108 valence electrons. The van der Waals surface area contributed by atoms with Crippen LogP contribution in [0.2, 0.25) is 0 Å². The maximum atomic E-state index is 12.2. The van der Waals surface area contributed by atoms with Crippen LogP contribution in [-0.4, -0.2) is 20.8 Å². The van der Waals surface area contributed by atoms with E-state index in [1.54, 1.807) is 24.3 Å². The van der Waals surface area contributed by atoms with Gasteiger partial charge >= 0.3 is 5.51 Å². The lowest BCUT2D eigenvalue weighted by molar-refractivity contribution is -0.0328. The summed E-state index contributed by atoms with van der Waals surface area (Å²) < 4.78 is 37.6. The standard InChI is InChI=1S/C12H10ClF3N2OS/c13-7-10-17-9-4-2-1-3-8(9)11(19)18(10)5-6-20-12(14,15)16/h1-4H,5-7H2. The number of nitrogens with zero attached hydrogens (tertiary/aromatic N) is 2. The zero-order valence-electron chi connectivity index (χ0n) is 10.2. The average Bonchev–Trinajstić information content (AvgIpc) is 2.40. The molecule has 3 nitrogen and oxygen atoms in total. The number of fused-ring (bicyclic) bond motifs is 1. The highest BCUT2D eigenvalue weighted by Gasteiger charge is 2.27. The lowest BCUT2D eigenvalue weighted by Gasteiger charge is -2.12. The van der Waals surface area contributed by atoms with Crippen LogP contribution in [0.15, 0.2) is 29.1 Å². The van der Waals surface area contributed by atoms with Crippen molar-refractivity contribution in [2.24, 2.45) is 0 Å². The summed E-state index contributed by atoms with van der Waals surface area (Å²) in [7, 11) is 0. The number of hydrogen-bond donors (Lipinski definition) is 0. The van der Waals surface area contributed by atoms with Crippen LogP contribution in [0, 0.1) is 0 Å². The Labute approximate surface area is 121 Å². The molecule has 0 saturated heterocycles. The van der Waals surface area contributed by atoms with Crippen LogP contribution in [0.4, 0.5) is 13.2 Å². The smallest absolute Gasteiger partial charge is 0.294 e. The predicted octanol–water partition coefficient (Wildman–Crippen LogP) is 3.39. The first-order valence-electron chi connectivity index (χ1n) is 5.67. The van der Waals surface area contributed by atoms with Crippen LogP contribution in [0.1, 0.15) is 5.82 Å². The normalized spacial score (nSPS) is 12.0. The van der Waals surface area contributed by atoms with E-state index in [-0.39, 0.29) is 41.3 Å². The molecule has 0 radical (unpaired) electrons. The van der Waals surface area contributed by atoms with Crippen molar-refractivity contribution >= 4 is 34.3 Å². The van der Waals surface area contributed by atoms with Gasteiger partial charge < -0.3 is 0 Å². The molecule has 0 N–H and O–H groups in total. The van der Waals surface area contributed by atoms with Gasteiger partial charge in [0.05, 0.1) is 16.8 Å². The molecule has 0 aliphatic heterocycles. The van der Waals surface area contributed by atoms with E-state index in [1.165, 1.54) is 4.57 Å².